The zero-order chi connectivity index (χ0) is 21.0. The van der Waals surface area contributed by atoms with Gasteiger partial charge in [-0.2, -0.15) is 0 Å². The molecule has 1 heterocycles. The van der Waals surface area contributed by atoms with Gasteiger partial charge in [0.05, 0.1) is 5.52 Å². The third-order valence-electron chi connectivity index (χ3n) is 5.06. The number of carbonyl (C=O) groups is 1. The molecule has 1 atom stereocenters. The molecule has 0 bridgehead atoms. The Labute approximate surface area is 176 Å². The molecule has 29 heavy (non-hydrogen) atoms. The van der Waals surface area contributed by atoms with E-state index in [9.17, 15) is 9.90 Å². The summed E-state index contributed by atoms with van der Waals surface area (Å²) in [5, 5.41) is 11.5. The maximum Gasteiger partial charge on any atom is 0.337 e. The lowest BCUT2D eigenvalue weighted by molar-refractivity contribution is -0.151. The summed E-state index contributed by atoms with van der Waals surface area (Å²) in [6.07, 6.45) is 1.55. The molecule has 3 rings (SSSR count). The lowest BCUT2D eigenvalue weighted by atomic mass is 9.88. The molecule has 1 unspecified atom stereocenters. The minimum Gasteiger partial charge on any atom is -0.479 e. The predicted octanol–water partition coefficient (Wildman–Crippen LogP) is 6.37. The van der Waals surface area contributed by atoms with Crippen LogP contribution in [0.25, 0.3) is 22.0 Å². The summed E-state index contributed by atoms with van der Waals surface area (Å²) in [6.45, 7) is 6.44. The maximum atomic E-state index is 12.2. The van der Waals surface area contributed by atoms with E-state index in [1.54, 1.807) is 0 Å². The lowest BCUT2D eigenvalue weighted by Gasteiger charge is -2.22. The monoisotopic (exact) mass is 411 g/mol. The van der Waals surface area contributed by atoms with E-state index in [4.69, 9.17) is 21.3 Å². The number of nitrogens with zero attached hydrogens (tertiary/aromatic N) is 1. The van der Waals surface area contributed by atoms with E-state index in [2.05, 4.69) is 13.8 Å². The van der Waals surface area contributed by atoms with Gasteiger partial charge in [-0.3, -0.25) is 4.98 Å². The molecule has 0 amide bonds. The Morgan fingerprint density at radius 1 is 1.17 bits per heavy atom. The SMILES string of the molecule is CCCCOC(C(=O)O)c1c(C)cc2nc(CC)ccc2c1-c1ccc(Cl)cc1. The third kappa shape index (κ3) is 4.60. The van der Waals surface area contributed by atoms with Crippen LogP contribution in [0.15, 0.2) is 42.5 Å². The zero-order valence-corrected chi connectivity index (χ0v) is 17.8. The molecule has 1 aromatic heterocycles. The van der Waals surface area contributed by atoms with Gasteiger partial charge in [-0.1, -0.05) is 50.1 Å². The van der Waals surface area contributed by atoms with Crippen molar-refractivity contribution in [3.8, 4) is 11.1 Å². The van der Waals surface area contributed by atoms with Crippen LogP contribution in [0.1, 0.15) is 49.6 Å². The molecule has 0 saturated carbocycles. The van der Waals surface area contributed by atoms with Crippen LogP contribution in [0.5, 0.6) is 0 Å². The van der Waals surface area contributed by atoms with E-state index >= 15 is 0 Å². The number of aryl methyl sites for hydroxylation is 2. The number of hydrogen-bond donors (Lipinski definition) is 1. The van der Waals surface area contributed by atoms with Crippen molar-refractivity contribution in [1.29, 1.82) is 0 Å². The molecule has 152 valence electrons. The van der Waals surface area contributed by atoms with Gasteiger partial charge in [0.1, 0.15) is 0 Å². The van der Waals surface area contributed by atoms with E-state index in [0.717, 1.165) is 52.5 Å². The van der Waals surface area contributed by atoms with Crippen LogP contribution in [0.2, 0.25) is 5.02 Å². The van der Waals surface area contributed by atoms with Crippen molar-refractivity contribution in [1.82, 2.24) is 4.98 Å². The molecule has 3 aromatic rings. The number of fused-ring (bicyclic) bond motifs is 1. The first-order valence-corrected chi connectivity index (χ1v) is 10.4. The number of pyridine rings is 1. The molecular formula is C24H26ClNO3. The van der Waals surface area contributed by atoms with Gasteiger partial charge in [-0.25, -0.2) is 4.79 Å². The fraction of sp³-hybridized carbons (Fsp3) is 0.333. The maximum absolute atomic E-state index is 12.2. The second-order valence-corrected chi connectivity index (χ2v) is 7.59. The first-order chi connectivity index (χ1) is 14.0. The van der Waals surface area contributed by atoms with Crippen LogP contribution >= 0.6 is 11.6 Å². The quantitative estimate of drug-likeness (QED) is 0.437. The van der Waals surface area contributed by atoms with E-state index < -0.39 is 12.1 Å². The summed E-state index contributed by atoms with van der Waals surface area (Å²) in [7, 11) is 0. The number of carboxylic acids is 1. The Morgan fingerprint density at radius 2 is 1.90 bits per heavy atom. The number of unbranched alkanes of at least 4 members (excludes halogenated alkanes) is 1. The first-order valence-electron chi connectivity index (χ1n) is 9.99. The molecule has 0 fully saturated rings. The Bertz CT molecular complexity index is 1010. The number of carboxylic acid groups (broad SMARTS) is 1. The standard InChI is InChI=1S/C24H26ClNO3/c1-4-6-13-29-23(24(27)28)21-15(3)14-20-19(12-11-18(5-2)26-20)22(21)16-7-9-17(25)10-8-16/h7-12,14,23H,4-6,13H2,1-3H3,(H,27,28). The third-order valence-corrected chi connectivity index (χ3v) is 5.32. The first kappa shape index (κ1) is 21.3. The van der Waals surface area contributed by atoms with Gasteiger partial charge < -0.3 is 9.84 Å². The lowest BCUT2D eigenvalue weighted by Crippen LogP contribution is -2.18. The fourth-order valence-electron chi connectivity index (χ4n) is 3.55. The van der Waals surface area contributed by atoms with Crippen LogP contribution in [0.3, 0.4) is 0 Å². The highest BCUT2D eigenvalue weighted by Crippen LogP contribution is 2.39. The number of benzene rings is 2. The fourth-order valence-corrected chi connectivity index (χ4v) is 3.68. The van der Waals surface area contributed by atoms with E-state index in [1.165, 1.54) is 0 Å². The molecule has 0 saturated heterocycles. The van der Waals surface area contributed by atoms with Crippen LogP contribution in [-0.2, 0) is 16.0 Å². The van der Waals surface area contributed by atoms with Gasteiger partial charge in [0.25, 0.3) is 0 Å². The van der Waals surface area contributed by atoms with Gasteiger partial charge in [0.15, 0.2) is 6.10 Å². The number of ether oxygens (including phenoxy) is 1. The molecule has 0 spiro atoms. The summed E-state index contributed by atoms with van der Waals surface area (Å²) in [5.41, 5.74) is 5.13. The molecule has 5 heteroatoms. The van der Waals surface area contributed by atoms with Gasteiger partial charge >= 0.3 is 5.97 Å². The van der Waals surface area contributed by atoms with Crippen LogP contribution in [-0.4, -0.2) is 22.7 Å². The smallest absolute Gasteiger partial charge is 0.337 e. The topological polar surface area (TPSA) is 59.4 Å². The second-order valence-electron chi connectivity index (χ2n) is 7.15. The van der Waals surface area contributed by atoms with Crippen molar-refractivity contribution in [2.45, 2.75) is 46.1 Å². The molecule has 0 aliphatic rings. The molecule has 2 aromatic carbocycles. The highest BCUT2D eigenvalue weighted by molar-refractivity contribution is 6.30. The van der Waals surface area contributed by atoms with Crippen molar-refractivity contribution in [2.24, 2.45) is 0 Å². The molecular weight excluding hydrogens is 386 g/mol. The van der Waals surface area contributed by atoms with Crippen molar-refractivity contribution in [2.75, 3.05) is 6.61 Å². The molecule has 0 radical (unpaired) electrons. The normalized spacial score (nSPS) is 12.3. The summed E-state index contributed by atoms with van der Waals surface area (Å²) in [5.74, 6) is -0.989. The summed E-state index contributed by atoms with van der Waals surface area (Å²) in [6, 6.07) is 13.4. The van der Waals surface area contributed by atoms with Crippen LogP contribution in [0, 0.1) is 6.92 Å². The van der Waals surface area contributed by atoms with Gasteiger partial charge in [-0.15, -0.1) is 0 Å². The largest absolute Gasteiger partial charge is 0.479 e. The number of aromatic nitrogens is 1. The summed E-state index contributed by atoms with van der Waals surface area (Å²) < 4.78 is 5.84. The van der Waals surface area contributed by atoms with Crippen molar-refractivity contribution < 1.29 is 14.6 Å². The summed E-state index contributed by atoms with van der Waals surface area (Å²) in [4.78, 5) is 16.9. The number of rotatable bonds is 8. The van der Waals surface area contributed by atoms with Gasteiger partial charge in [0, 0.05) is 28.3 Å². The van der Waals surface area contributed by atoms with E-state index in [0.29, 0.717) is 17.2 Å². The zero-order valence-electron chi connectivity index (χ0n) is 17.0. The number of aliphatic carboxylic acids is 1. The Kier molecular flexibility index (Phi) is 6.88. The molecule has 0 aliphatic heterocycles. The minimum atomic E-state index is -1.04. The van der Waals surface area contributed by atoms with E-state index in [-0.39, 0.29) is 0 Å². The van der Waals surface area contributed by atoms with Crippen LogP contribution < -0.4 is 0 Å². The second kappa shape index (κ2) is 9.38. The van der Waals surface area contributed by atoms with Crippen LogP contribution in [0.4, 0.5) is 0 Å². The molecule has 1 N–H and O–H groups in total. The minimum absolute atomic E-state index is 0.401. The van der Waals surface area contributed by atoms with Gasteiger partial charge in [-0.05, 0) is 60.7 Å². The Balaban J connectivity index is 2.29. The number of halogens is 1. The highest BCUT2D eigenvalue weighted by atomic mass is 35.5. The predicted molar refractivity (Wildman–Crippen MR) is 118 cm³/mol. The summed E-state index contributed by atoms with van der Waals surface area (Å²) >= 11 is 6.09. The van der Waals surface area contributed by atoms with Crippen molar-refractivity contribution >= 4 is 28.5 Å². The average Bonchev–Trinajstić information content (AvgIpc) is 2.71. The highest BCUT2D eigenvalue weighted by Gasteiger charge is 2.28. The average molecular weight is 412 g/mol. The Morgan fingerprint density at radius 3 is 2.52 bits per heavy atom. The molecule has 0 aliphatic carbocycles. The Hall–Kier alpha value is -2.43. The number of hydrogen-bond acceptors (Lipinski definition) is 3. The van der Waals surface area contributed by atoms with Crippen molar-refractivity contribution in [3.63, 3.8) is 0 Å². The van der Waals surface area contributed by atoms with Crippen molar-refractivity contribution in [3.05, 3.63) is 64.3 Å². The molecule has 4 nitrogen and oxygen atoms in total. The van der Waals surface area contributed by atoms with E-state index in [1.807, 2.05) is 49.4 Å². The van der Waals surface area contributed by atoms with Gasteiger partial charge in [0.2, 0.25) is 0 Å².